The largest absolute Gasteiger partial charge is 0.497 e. The van der Waals surface area contributed by atoms with Gasteiger partial charge in [-0.25, -0.2) is 4.79 Å². The molecular weight excluding hydrogens is 368 g/mol. The lowest BCUT2D eigenvalue weighted by Gasteiger charge is -2.01. The van der Waals surface area contributed by atoms with Crippen LogP contribution in [0, 0.1) is 0 Å². The van der Waals surface area contributed by atoms with E-state index in [1.807, 2.05) is 0 Å². The van der Waals surface area contributed by atoms with Gasteiger partial charge in [-0.1, -0.05) is 29.8 Å². The van der Waals surface area contributed by atoms with Crippen molar-refractivity contribution in [3.05, 3.63) is 81.2 Å². The molecule has 2 aromatic carbocycles. The monoisotopic (exact) mass is 382 g/mol. The molecule has 0 bridgehead atoms. The zero-order valence-electron chi connectivity index (χ0n) is 14.4. The Balaban J connectivity index is 1.74. The maximum absolute atomic E-state index is 12.3. The second-order valence-electron chi connectivity index (χ2n) is 5.80. The lowest BCUT2D eigenvalue weighted by atomic mass is 10.1. The Kier molecular flexibility index (Phi) is 5.52. The second-order valence-corrected chi connectivity index (χ2v) is 6.24. The maximum Gasteiger partial charge on any atom is 0.347 e. The summed E-state index contributed by atoms with van der Waals surface area (Å²) in [5, 5.41) is 0.979. The normalized spacial score (nSPS) is 11.0. The first-order valence-corrected chi connectivity index (χ1v) is 8.45. The van der Waals surface area contributed by atoms with E-state index in [9.17, 15) is 14.4 Å². The van der Waals surface area contributed by atoms with Gasteiger partial charge in [0.2, 0.25) is 0 Å². The Morgan fingerprint density at radius 1 is 1.11 bits per heavy atom. The van der Waals surface area contributed by atoms with E-state index in [0.717, 1.165) is 5.56 Å². The molecule has 0 atom stereocenters. The van der Waals surface area contributed by atoms with Gasteiger partial charge in [-0.15, -0.1) is 0 Å². The summed E-state index contributed by atoms with van der Waals surface area (Å²) in [5.41, 5.74) is 0.131. The highest BCUT2D eigenvalue weighted by Crippen LogP contribution is 2.19. The summed E-state index contributed by atoms with van der Waals surface area (Å²) in [6.45, 7) is 0. The van der Waals surface area contributed by atoms with Gasteiger partial charge in [-0.3, -0.25) is 9.59 Å². The number of halogens is 1. The van der Waals surface area contributed by atoms with Gasteiger partial charge in [0.15, 0.2) is 11.6 Å². The van der Waals surface area contributed by atoms with Gasteiger partial charge in [0.1, 0.15) is 16.9 Å². The molecule has 0 unspecified atom stereocenters. The minimum atomic E-state index is -0.790. The molecular formula is C21H15ClO5. The fraction of sp³-hybridized carbons (Fsp3) is 0.0952. The standard InChI is InChI=1S/C21H15ClO5/c1-26-17-8-3-13(4-9-17)2-7-16(23)12-19(24)18-10-14-5-6-15(22)11-20(14)27-21(18)25/h2-11H,12H2,1H3/b7-2-. The van der Waals surface area contributed by atoms with Crippen LogP contribution in [0.4, 0.5) is 0 Å². The van der Waals surface area contributed by atoms with Crippen molar-refractivity contribution in [1.82, 2.24) is 0 Å². The number of fused-ring (bicyclic) bond motifs is 1. The fourth-order valence-corrected chi connectivity index (χ4v) is 2.66. The molecule has 27 heavy (non-hydrogen) atoms. The maximum atomic E-state index is 12.3. The number of allylic oxidation sites excluding steroid dienone is 1. The van der Waals surface area contributed by atoms with Crippen LogP contribution >= 0.6 is 11.6 Å². The van der Waals surface area contributed by atoms with E-state index in [2.05, 4.69) is 0 Å². The van der Waals surface area contributed by atoms with Crippen LogP contribution in [-0.4, -0.2) is 18.7 Å². The zero-order chi connectivity index (χ0) is 19.4. The molecule has 1 heterocycles. The highest BCUT2D eigenvalue weighted by molar-refractivity contribution is 6.31. The third-order valence-electron chi connectivity index (χ3n) is 3.91. The summed E-state index contributed by atoms with van der Waals surface area (Å²) < 4.78 is 10.2. The van der Waals surface area contributed by atoms with Gasteiger partial charge in [0, 0.05) is 16.5 Å². The predicted octanol–water partition coefficient (Wildman–Crippen LogP) is 4.31. The molecule has 0 spiro atoms. The quantitative estimate of drug-likeness (QED) is 0.275. The van der Waals surface area contributed by atoms with Crippen LogP contribution in [0.5, 0.6) is 5.75 Å². The van der Waals surface area contributed by atoms with Crippen molar-refractivity contribution >= 4 is 40.2 Å². The van der Waals surface area contributed by atoms with Gasteiger partial charge in [-0.2, -0.15) is 0 Å². The Bertz CT molecular complexity index is 1090. The number of benzene rings is 2. The minimum absolute atomic E-state index is 0.156. The smallest absolute Gasteiger partial charge is 0.347 e. The van der Waals surface area contributed by atoms with Crippen LogP contribution < -0.4 is 10.4 Å². The molecule has 0 amide bonds. The summed E-state index contributed by atoms with van der Waals surface area (Å²) in [7, 11) is 1.57. The Hall–Kier alpha value is -3.18. The van der Waals surface area contributed by atoms with Crippen molar-refractivity contribution in [3.63, 3.8) is 0 Å². The molecule has 5 nitrogen and oxygen atoms in total. The highest BCUT2D eigenvalue weighted by Gasteiger charge is 2.16. The molecule has 1 aromatic heterocycles. The van der Waals surface area contributed by atoms with E-state index in [4.69, 9.17) is 20.8 Å². The number of ether oxygens (including phenoxy) is 1. The number of carbonyl (C=O) groups excluding carboxylic acids is 2. The molecule has 0 saturated heterocycles. The summed E-state index contributed by atoms with van der Waals surface area (Å²) in [6, 6.07) is 13.3. The van der Waals surface area contributed by atoms with Gasteiger partial charge in [-0.05, 0) is 42.0 Å². The molecule has 0 aliphatic heterocycles. The minimum Gasteiger partial charge on any atom is -0.497 e. The molecule has 0 fully saturated rings. The fourth-order valence-electron chi connectivity index (χ4n) is 2.50. The van der Waals surface area contributed by atoms with Crippen LogP contribution in [-0.2, 0) is 4.79 Å². The van der Waals surface area contributed by atoms with Crippen LogP contribution in [0.2, 0.25) is 5.02 Å². The zero-order valence-corrected chi connectivity index (χ0v) is 15.2. The van der Waals surface area contributed by atoms with Crippen LogP contribution in [0.3, 0.4) is 0 Å². The average Bonchev–Trinajstić information content (AvgIpc) is 2.66. The van der Waals surface area contributed by atoms with Crippen molar-refractivity contribution < 1.29 is 18.7 Å². The molecule has 3 rings (SSSR count). The van der Waals surface area contributed by atoms with E-state index in [0.29, 0.717) is 16.2 Å². The molecule has 0 N–H and O–H groups in total. The number of Topliss-reactive ketones (excluding diaryl/α,β-unsaturated/α-hetero) is 1. The molecule has 0 saturated carbocycles. The highest BCUT2D eigenvalue weighted by atomic mass is 35.5. The molecule has 3 aromatic rings. The molecule has 136 valence electrons. The van der Waals surface area contributed by atoms with Crippen molar-refractivity contribution in [3.8, 4) is 5.75 Å². The van der Waals surface area contributed by atoms with Gasteiger partial charge in [0.25, 0.3) is 0 Å². The number of carbonyl (C=O) groups is 2. The number of ketones is 2. The third kappa shape index (κ3) is 4.51. The molecule has 0 radical (unpaired) electrons. The Morgan fingerprint density at radius 3 is 2.56 bits per heavy atom. The van der Waals surface area contributed by atoms with E-state index in [-0.39, 0.29) is 11.1 Å². The number of methoxy groups -OCH3 is 1. The first-order chi connectivity index (χ1) is 13.0. The lowest BCUT2D eigenvalue weighted by Crippen LogP contribution is -2.16. The average molecular weight is 383 g/mol. The summed E-state index contributed by atoms with van der Waals surface area (Å²) in [6.07, 6.45) is 2.48. The third-order valence-corrected chi connectivity index (χ3v) is 4.15. The summed E-state index contributed by atoms with van der Waals surface area (Å²) in [4.78, 5) is 36.4. The lowest BCUT2D eigenvalue weighted by molar-refractivity contribution is -0.113. The van der Waals surface area contributed by atoms with E-state index in [1.54, 1.807) is 49.6 Å². The van der Waals surface area contributed by atoms with Gasteiger partial charge in [0.05, 0.1) is 13.5 Å². The molecule has 0 aliphatic carbocycles. The number of rotatable bonds is 6. The summed E-state index contributed by atoms with van der Waals surface area (Å²) >= 11 is 5.86. The number of hydrogen-bond acceptors (Lipinski definition) is 5. The molecule has 6 heteroatoms. The van der Waals surface area contributed by atoms with Gasteiger partial charge >= 0.3 is 5.63 Å². The van der Waals surface area contributed by atoms with Crippen molar-refractivity contribution in [1.29, 1.82) is 0 Å². The number of hydrogen-bond donors (Lipinski definition) is 0. The molecule has 0 aliphatic rings. The van der Waals surface area contributed by atoms with E-state index < -0.39 is 23.6 Å². The van der Waals surface area contributed by atoms with E-state index in [1.165, 1.54) is 18.2 Å². The second kappa shape index (κ2) is 8.01. The predicted molar refractivity (Wildman–Crippen MR) is 103 cm³/mol. The summed E-state index contributed by atoms with van der Waals surface area (Å²) in [5.74, 6) is -0.297. The van der Waals surface area contributed by atoms with Gasteiger partial charge < -0.3 is 9.15 Å². The van der Waals surface area contributed by atoms with Crippen LogP contribution in [0.25, 0.3) is 17.0 Å². The first kappa shape index (κ1) is 18.6. The topological polar surface area (TPSA) is 73.6 Å². The van der Waals surface area contributed by atoms with Crippen LogP contribution in [0.15, 0.2) is 63.8 Å². The van der Waals surface area contributed by atoms with Crippen molar-refractivity contribution in [2.24, 2.45) is 0 Å². The Morgan fingerprint density at radius 2 is 1.85 bits per heavy atom. The first-order valence-electron chi connectivity index (χ1n) is 8.08. The van der Waals surface area contributed by atoms with Crippen molar-refractivity contribution in [2.75, 3.05) is 7.11 Å². The van der Waals surface area contributed by atoms with Crippen LogP contribution in [0.1, 0.15) is 22.3 Å². The van der Waals surface area contributed by atoms with Crippen molar-refractivity contribution in [2.45, 2.75) is 6.42 Å². The Labute approximate surface area is 159 Å². The van der Waals surface area contributed by atoms with E-state index >= 15 is 0 Å². The SMILES string of the molecule is COc1ccc(/C=C\C(=O)CC(=O)c2cc3ccc(Cl)cc3oc2=O)cc1.